The van der Waals surface area contributed by atoms with Crippen molar-refractivity contribution in [3.8, 4) is 10.4 Å². The van der Waals surface area contributed by atoms with Crippen LogP contribution in [0.5, 0.6) is 0 Å². The average Bonchev–Trinajstić information content (AvgIpc) is 3.15. The summed E-state index contributed by atoms with van der Waals surface area (Å²) in [4.78, 5) is 3.29. The van der Waals surface area contributed by atoms with Crippen molar-refractivity contribution in [2.75, 3.05) is 4.90 Å². The van der Waals surface area contributed by atoms with Gasteiger partial charge in [-0.25, -0.2) is 4.39 Å². The Labute approximate surface area is 157 Å². The predicted molar refractivity (Wildman–Crippen MR) is 110 cm³/mol. The minimum absolute atomic E-state index is 0.248. The van der Waals surface area contributed by atoms with Gasteiger partial charge in [0.05, 0.1) is 0 Å². The lowest BCUT2D eigenvalue weighted by molar-refractivity contribution is 0.628. The number of hydrogen-bond acceptors (Lipinski definition) is 2. The topological polar surface area (TPSA) is 3.24 Å². The Morgan fingerprint density at radius 1 is 0.692 bits per heavy atom. The first kappa shape index (κ1) is 16.6. The van der Waals surface area contributed by atoms with E-state index in [0.29, 0.717) is 5.46 Å². The molecule has 26 heavy (non-hydrogen) atoms. The lowest BCUT2D eigenvalue weighted by Crippen LogP contribution is -2.10. The van der Waals surface area contributed by atoms with Gasteiger partial charge < -0.3 is 4.90 Å². The minimum atomic E-state index is -0.248. The fraction of sp³-hybridized carbons (Fsp3) is 0. The van der Waals surface area contributed by atoms with Crippen molar-refractivity contribution >= 4 is 41.0 Å². The number of anilines is 3. The van der Waals surface area contributed by atoms with E-state index in [0.717, 1.165) is 16.4 Å². The molecule has 4 aromatic rings. The number of rotatable bonds is 4. The number of hydrogen-bond donors (Lipinski definition) is 0. The summed E-state index contributed by atoms with van der Waals surface area (Å²) in [7, 11) is 5.84. The summed E-state index contributed by atoms with van der Waals surface area (Å²) in [5.74, 6) is -0.248. The zero-order valence-electron chi connectivity index (χ0n) is 14.0. The summed E-state index contributed by atoms with van der Waals surface area (Å²) in [6.07, 6.45) is 0. The molecular weight excluding hydrogens is 340 g/mol. The van der Waals surface area contributed by atoms with Crippen molar-refractivity contribution in [3.63, 3.8) is 0 Å². The number of benzene rings is 3. The highest BCUT2D eigenvalue weighted by Crippen LogP contribution is 2.41. The molecule has 0 fully saturated rings. The molecule has 4 heteroatoms. The van der Waals surface area contributed by atoms with E-state index in [1.54, 1.807) is 23.5 Å². The van der Waals surface area contributed by atoms with Crippen molar-refractivity contribution in [2.24, 2.45) is 0 Å². The Morgan fingerprint density at radius 2 is 1.31 bits per heavy atom. The fourth-order valence-corrected chi connectivity index (χ4v) is 3.88. The Balaban J connectivity index is 1.79. The second-order valence-electron chi connectivity index (χ2n) is 5.91. The minimum Gasteiger partial charge on any atom is -0.302 e. The monoisotopic (exact) mass is 355 g/mol. The van der Waals surface area contributed by atoms with Crippen LogP contribution in [0.1, 0.15) is 0 Å². The fourth-order valence-electron chi connectivity index (χ4n) is 2.82. The molecular formula is C22H15BFNS. The van der Waals surface area contributed by atoms with Crippen LogP contribution in [0.15, 0.2) is 91.0 Å². The second kappa shape index (κ2) is 7.18. The van der Waals surface area contributed by atoms with E-state index < -0.39 is 0 Å². The van der Waals surface area contributed by atoms with E-state index in [1.807, 2.05) is 42.5 Å². The van der Waals surface area contributed by atoms with Crippen molar-refractivity contribution in [2.45, 2.75) is 0 Å². The third-order valence-corrected chi connectivity index (χ3v) is 5.23. The molecule has 0 aliphatic carbocycles. The normalized spacial score (nSPS) is 10.7. The lowest BCUT2D eigenvalue weighted by atomic mass is 9.96. The summed E-state index contributed by atoms with van der Waals surface area (Å²) in [6.45, 7) is 0. The molecule has 0 amide bonds. The van der Waals surface area contributed by atoms with Crippen LogP contribution in [0, 0.1) is 5.82 Å². The van der Waals surface area contributed by atoms with Gasteiger partial charge in [0.25, 0.3) is 0 Å². The zero-order chi connectivity index (χ0) is 17.9. The molecule has 1 nitrogen and oxygen atoms in total. The van der Waals surface area contributed by atoms with Gasteiger partial charge in [0.1, 0.15) is 18.7 Å². The van der Waals surface area contributed by atoms with Crippen molar-refractivity contribution in [1.29, 1.82) is 0 Å². The van der Waals surface area contributed by atoms with Gasteiger partial charge in [-0.15, -0.1) is 11.3 Å². The van der Waals surface area contributed by atoms with E-state index in [1.165, 1.54) is 22.6 Å². The Morgan fingerprint density at radius 3 is 1.96 bits per heavy atom. The third-order valence-electron chi connectivity index (χ3n) is 4.11. The molecule has 3 aromatic carbocycles. The molecule has 2 radical (unpaired) electrons. The van der Waals surface area contributed by atoms with E-state index in [9.17, 15) is 4.39 Å². The molecule has 4 rings (SSSR count). The lowest BCUT2D eigenvalue weighted by Gasteiger charge is -2.23. The number of nitrogens with zero attached hydrogens (tertiary/aromatic N) is 1. The van der Waals surface area contributed by atoms with E-state index in [-0.39, 0.29) is 5.82 Å². The van der Waals surface area contributed by atoms with Crippen LogP contribution in [0.2, 0.25) is 0 Å². The van der Waals surface area contributed by atoms with Crippen LogP contribution >= 0.6 is 11.3 Å². The summed E-state index contributed by atoms with van der Waals surface area (Å²) < 4.78 is 13.4. The molecule has 1 aromatic heterocycles. The molecule has 0 unspecified atom stereocenters. The average molecular weight is 355 g/mol. The van der Waals surface area contributed by atoms with Crippen LogP contribution in [0.25, 0.3) is 10.4 Å². The van der Waals surface area contributed by atoms with E-state index >= 15 is 0 Å². The van der Waals surface area contributed by atoms with Gasteiger partial charge >= 0.3 is 0 Å². The van der Waals surface area contributed by atoms with Crippen molar-refractivity contribution < 1.29 is 4.39 Å². The van der Waals surface area contributed by atoms with Gasteiger partial charge in [-0.3, -0.25) is 0 Å². The third kappa shape index (κ3) is 3.42. The number of thiophene rings is 1. The second-order valence-corrected chi connectivity index (χ2v) is 6.97. The van der Waals surface area contributed by atoms with Crippen LogP contribution in [0.4, 0.5) is 20.8 Å². The standard InChI is InChI=1S/C22H15BFNS/c23-17-6-10-19(11-7-17)25(20-12-8-18(24)9-13-20)22-15-14-21(26-22)16-4-2-1-3-5-16/h1-15H. The first-order valence-corrected chi connectivity index (χ1v) is 9.09. The molecule has 124 valence electrons. The Bertz CT molecular complexity index is 949. The van der Waals surface area contributed by atoms with Gasteiger partial charge in [-0.2, -0.15) is 0 Å². The highest BCUT2D eigenvalue weighted by atomic mass is 32.1. The van der Waals surface area contributed by atoms with Crippen LogP contribution < -0.4 is 10.4 Å². The van der Waals surface area contributed by atoms with Crippen molar-refractivity contribution in [1.82, 2.24) is 0 Å². The SMILES string of the molecule is [B]c1ccc(N(c2ccc(F)cc2)c2ccc(-c3ccccc3)s2)cc1. The largest absolute Gasteiger partial charge is 0.302 e. The predicted octanol–water partition coefficient (Wildman–Crippen LogP) is 5.82. The van der Waals surface area contributed by atoms with Crippen LogP contribution in [0.3, 0.4) is 0 Å². The highest BCUT2D eigenvalue weighted by molar-refractivity contribution is 7.19. The maximum atomic E-state index is 13.4. The molecule has 0 saturated heterocycles. The van der Waals surface area contributed by atoms with Crippen LogP contribution in [-0.4, -0.2) is 7.85 Å². The zero-order valence-corrected chi connectivity index (χ0v) is 14.8. The van der Waals surface area contributed by atoms with Gasteiger partial charge in [0.2, 0.25) is 0 Å². The Kier molecular flexibility index (Phi) is 4.59. The summed E-state index contributed by atoms with van der Waals surface area (Å²) in [5, 5.41) is 1.06. The van der Waals surface area contributed by atoms with Gasteiger partial charge in [-0.1, -0.05) is 47.9 Å². The molecule has 0 aliphatic heterocycles. The molecule has 0 atom stereocenters. The molecule has 0 spiro atoms. The quantitative estimate of drug-likeness (QED) is 0.417. The van der Waals surface area contributed by atoms with Crippen molar-refractivity contribution in [3.05, 3.63) is 96.8 Å². The summed E-state index contributed by atoms with van der Waals surface area (Å²) in [6, 6.07) is 28.7. The van der Waals surface area contributed by atoms with E-state index in [4.69, 9.17) is 7.85 Å². The van der Waals surface area contributed by atoms with Crippen LogP contribution in [-0.2, 0) is 0 Å². The maximum Gasteiger partial charge on any atom is 0.123 e. The number of halogens is 1. The van der Waals surface area contributed by atoms with Gasteiger partial charge in [0, 0.05) is 16.3 Å². The van der Waals surface area contributed by atoms with Gasteiger partial charge in [-0.05, 0) is 54.1 Å². The highest BCUT2D eigenvalue weighted by Gasteiger charge is 2.15. The van der Waals surface area contributed by atoms with E-state index in [2.05, 4.69) is 29.2 Å². The first-order valence-electron chi connectivity index (χ1n) is 8.27. The Hall–Kier alpha value is -2.85. The first-order chi connectivity index (χ1) is 12.7. The van der Waals surface area contributed by atoms with Gasteiger partial charge in [0.15, 0.2) is 0 Å². The smallest absolute Gasteiger partial charge is 0.123 e. The summed E-state index contributed by atoms with van der Waals surface area (Å²) >= 11 is 1.69. The molecule has 1 heterocycles. The molecule has 0 saturated carbocycles. The molecule has 0 aliphatic rings. The molecule has 0 N–H and O–H groups in total. The maximum absolute atomic E-state index is 13.4. The molecule has 0 bridgehead atoms. The summed E-state index contributed by atoms with van der Waals surface area (Å²) in [5.41, 5.74) is 3.77.